The molecule has 24 heavy (non-hydrogen) atoms. The van der Waals surface area contributed by atoms with E-state index in [0.29, 0.717) is 23.9 Å². The number of ether oxygens (including phenoxy) is 1. The van der Waals surface area contributed by atoms with E-state index in [1.54, 1.807) is 17.5 Å². The van der Waals surface area contributed by atoms with Crippen molar-refractivity contribution < 1.29 is 9.53 Å². The average molecular weight is 359 g/mol. The number of nitrogens with zero attached hydrogens (tertiary/aromatic N) is 2. The molecule has 0 aliphatic rings. The number of thiophene rings is 1. The average Bonchev–Trinajstić information content (AvgIpc) is 3.23. The van der Waals surface area contributed by atoms with Crippen LogP contribution in [0.3, 0.4) is 0 Å². The zero-order valence-corrected chi connectivity index (χ0v) is 15.0. The van der Waals surface area contributed by atoms with Crippen molar-refractivity contribution >= 4 is 28.6 Å². The number of aryl methyl sites for hydroxylation is 1. The van der Waals surface area contributed by atoms with Gasteiger partial charge in [-0.05, 0) is 31.4 Å². The topological polar surface area (TPSA) is 64.1 Å². The predicted molar refractivity (Wildman–Crippen MR) is 96.7 cm³/mol. The molecule has 5 nitrogen and oxygen atoms in total. The Labute approximate surface area is 148 Å². The first kappa shape index (κ1) is 16.6. The minimum atomic E-state index is -0.127. The van der Waals surface area contributed by atoms with E-state index < -0.39 is 0 Å². The minimum Gasteiger partial charge on any atom is -0.478 e. The van der Waals surface area contributed by atoms with Crippen LogP contribution in [0.25, 0.3) is 10.6 Å². The van der Waals surface area contributed by atoms with E-state index >= 15 is 0 Å². The van der Waals surface area contributed by atoms with Gasteiger partial charge in [0.05, 0.1) is 12.3 Å². The molecule has 0 unspecified atom stereocenters. The Bertz CT molecular complexity index is 828. The molecular weight excluding hydrogens is 342 g/mol. The Morgan fingerprint density at radius 2 is 2.25 bits per heavy atom. The summed E-state index contributed by atoms with van der Waals surface area (Å²) in [7, 11) is 0. The largest absolute Gasteiger partial charge is 0.478 e. The standard InChI is InChI=1S/C17H17N3O2S2/c1-3-22-16-12(5-4-7-18-16)9-19-15(21)14-11(2)20-17(24-14)13-6-8-23-10-13/h4-8,10H,3,9H2,1-2H3,(H,19,21). The molecule has 3 rings (SSSR count). The van der Waals surface area contributed by atoms with Gasteiger partial charge in [0.15, 0.2) is 0 Å². The Kier molecular flexibility index (Phi) is 5.22. The number of carbonyl (C=O) groups is 1. The fourth-order valence-electron chi connectivity index (χ4n) is 2.20. The summed E-state index contributed by atoms with van der Waals surface area (Å²) in [6.07, 6.45) is 1.68. The molecule has 124 valence electrons. The number of carbonyl (C=O) groups excluding carboxylic acids is 1. The summed E-state index contributed by atoms with van der Waals surface area (Å²) in [5, 5.41) is 7.83. The van der Waals surface area contributed by atoms with Crippen molar-refractivity contribution in [1.29, 1.82) is 0 Å². The molecule has 3 aromatic rings. The molecule has 0 bridgehead atoms. The highest BCUT2D eigenvalue weighted by molar-refractivity contribution is 7.17. The number of hydrogen-bond acceptors (Lipinski definition) is 6. The maximum absolute atomic E-state index is 12.5. The van der Waals surface area contributed by atoms with Crippen LogP contribution in [0.2, 0.25) is 0 Å². The second-order valence-electron chi connectivity index (χ2n) is 5.03. The molecule has 1 amide bonds. The molecule has 0 spiro atoms. The smallest absolute Gasteiger partial charge is 0.263 e. The van der Waals surface area contributed by atoms with Gasteiger partial charge in [0, 0.05) is 29.2 Å². The third-order valence-electron chi connectivity index (χ3n) is 3.34. The maximum Gasteiger partial charge on any atom is 0.263 e. The van der Waals surface area contributed by atoms with Gasteiger partial charge in [0.25, 0.3) is 5.91 Å². The summed E-state index contributed by atoms with van der Waals surface area (Å²) < 4.78 is 5.48. The third kappa shape index (κ3) is 3.63. The number of rotatable bonds is 6. The van der Waals surface area contributed by atoms with Crippen LogP contribution in [0.1, 0.15) is 27.9 Å². The van der Waals surface area contributed by atoms with Gasteiger partial charge in [-0.15, -0.1) is 11.3 Å². The number of hydrogen-bond donors (Lipinski definition) is 1. The summed E-state index contributed by atoms with van der Waals surface area (Å²) >= 11 is 3.03. The molecule has 0 saturated carbocycles. The highest BCUT2D eigenvalue weighted by atomic mass is 32.1. The first-order valence-electron chi connectivity index (χ1n) is 7.54. The van der Waals surface area contributed by atoms with Crippen LogP contribution in [-0.2, 0) is 6.54 Å². The summed E-state index contributed by atoms with van der Waals surface area (Å²) in [5.74, 6) is 0.429. The Hall–Kier alpha value is -2.25. The van der Waals surface area contributed by atoms with Gasteiger partial charge in [-0.1, -0.05) is 6.07 Å². The van der Waals surface area contributed by atoms with Crippen LogP contribution in [0.15, 0.2) is 35.2 Å². The second-order valence-corrected chi connectivity index (χ2v) is 6.81. The van der Waals surface area contributed by atoms with Crippen LogP contribution < -0.4 is 10.1 Å². The van der Waals surface area contributed by atoms with Crippen molar-refractivity contribution in [3.63, 3.8) is 0 Å². The number of pyridine rings is 1. The van der Waals surface area contributed by atoms with E-state index in [1.165, 1.54) is 11.3 Å². The van der Waals surface area contributed by atoms with Crippen molar-refractivity contribution in [3.8, 4) is 16.5 Å². The second kappa shape index (κ2) is 7.55. The summed E-state index contributed by atoms with van der Waals surface area (Å²) in [6.45, 7) is 4.67. The lowest BCUT2D eigenvalue weighted by atomic mass is 10.2. The van der Waals surface area contributed by atoms with E-state index in [1.807, 2.05) is 42.8 Å². The normalized spacial score (nSPS) is 10.6. The summed E-state index contributed by atoms with van der Waals surface area (Å²) in [5.41, 5.74) is 2.65. The van der Waals surface area contributed by atoms with Gasteiger partial charge in [0.1, 0.15) is 9.88 Å². The van der Waals surface area contributed by atoms with E-state index in [0.717, 1.165) is 21.8 Å². The van der Waals surface area contributed by atoms with Gasteiger partial charge in [0.2, 0.25) is 5.88 Å². The SMILES string of the molecule is CCOc1ncccc1CNC(=O)c1sc(-c2ccsc2)nc1C. The molecular formula is C17H17N3O2S2. The molecule has 0 radical (unpaired) electrons. The first-order valence-corrected chi connectivity index (χ1v) is 9.30. The van der Waals surface area contributed by atoms with Gasteiger partial charge >= 0.3 is 0 Å². The van der Waals surface area contributed by atoms with E-state index in [9.17, 15) is 4.79 Å². The monoisotopic (exact) mass is 359 g/mol. The molecule has 1 N–H and O–H groups in total. The van der Waals surface area contributed by atoms with Gasteiger partial charge in [-0.3, -0.25) is 4.79 Å². The zero-order chi connectivity index (χ0) is 16.9. The van der Waals surface area contributed by atoms with Crippen LogP contribution >= 0.6 is 22.7 Å². The molecule has 0 atom stereocenters. The Morgan fingerprint density at radius 1 is 1.38 bits per heavy atom. The van der Waals surface area contributed by atoms with Crippen LogP contribution in [0, 0.1) is 6.92 Å². The van der Waals surface area contributed by atoms with Gasteiger partial charge in [-0.2, -0.15) is 11.3 Å². The van der Waals surface area contributed by atoms with E-state index in [4.69, 9.17) is 4.74 Å². The zero-order valence-electron chi connectivity index (χ0n) is 13.4. The quantitative estimate of drug-likeness (QED) is 0.725. The van der Waals surface area contributed by atoms with Crippen molar-refractivity contribution in [2.24, 2.45) is 0 Å². The summed E-state index contributed by atoms with van der Waals surface area (Å²) in [4.78, 5) is 21.8. The van der Waals surface area contributed by atoms with Crippen molar-refractivity contribution in [2.45, 2.75) is 20.4 Å². The van der Waals surface area contributed by atoms with E-state index in [2.05, 4.69) is 15.3 Å². The number of thiazole rings is 1. The molecule has 0 aliphatic carbocycles. The van der Waals surface area contributed by atoms with Crippen LogP contribution in [-0.4, -0.2) is 22.5 Å². The highest BCUT2D eigenvalue weighted by Crippen LogP contribution is 2.29. The third-order valence-corrected chi connectivity index (χ3v) is 5.23. The molecule has 0 saturated heterocycles. The van der Waals surface area contributed by atoms with Crippen molar-refractivity contribution in [3.05, 3.63) is 51.3 Å². The predicted octanol–water partition coefficient (Wildman–Crippen LogP) is 3.90. The fraction of sp³-hybridized carbons (Fsp3) is 0.235. The highest BCUT2D eigenvalue weighted by Gasteiger charge is 2.17. The van der Waals surface area contributed by atoms with E-state index in [-0.39, 0.29) is 5.91 Å². The number of aromatic nitrogens is 2. The maximum atomic E-state index is 12.5. The van der Waals surface area contributed by atoms with Gasteiger partial charge in [-0.25, -0.2) is 9.97 Å². The molecule has 3 heterocycles. The Balaban J connectivity index is 1.72. The van der Waals surface area contributed by atoms with Crippen molar-refractivity contribution in [1.82, 2.24) is 15.3 Å². The molecule has 0 fully saturated rings. The summed E-state index contributed by atoms with van der Waals surface area (Å²) in [6, 6.07) is 5.74. The van der Waals surface area contributed by atoms with Gasteiger partial charge < -0.3 is 10.1 Å². The fourth-order valence-corrected chi connectivity index (χ4v) is 3.89. The number of nitrogens with one attached hydrogen (secondary N) is 1. The first-order chi connectivity index (χ1) is 11.7. The minimum absolute atomic E-state index is 0.127. The molecule has 0 aromatic carbocycles. The lowest BCUT2D eigenvalue weighted by Gasteiger charge is -2.09. The number of amides is 1. The lowest BCUT2D eigenvalue weighted by molar-refractivity contribution is 0.0954. The van der Waals surface area contributed by atoms with Crippen LogP contribution in [0.4, 0.5) is 0 Å². The van der Waals surface area contributed by atoms with Crippen LogP contribution in [0.5, 0.6) is 5.88 Å². The molecule has 3 aromatic heterocycles. The molecule has 0 aliphatic heterocycles. The Morgan fingerprint density at radius 3 is 3.00 bits per heavy atom. The molecule has 7 heteroatoms. The van der Waals surface area contributed by atoms with Crippen molar-refractivity contribution in [2.75, 3.05) is 6.61 Å². The lowest BCUT2D eigenvalue weighted by Crippen LogP contribution is -2.23.